The SMILES string of the molecule is C.COc1ccc(C=N[S@](=O)C(C)(C)C)cc1F.COc1ccc(C=O)cc1F. The van der Waals surface area contributed by atoms with Gasteiger partial charge < -0.3 is 9.47 Å². The number of rotatable bonds is 5. The van der Waals surface area contributed by atoms with Gasteiger partial charge in [-0.3, -0.25) is 4.79 Å². The molecule has 2 aromatic rings. The van der Waals surface area contributed by atoms with Crippen LogP contribution in [0.5, 0.6) is 11.5 Å². The number of ether oxygens (including phenoxy) is 2. The Labute approximate surface area is 173 Å². The zero-order chi connectivity index (χ0) is 21.3. The standard InChI is InChI=1S/C12H16FNO2S.C8H7FO2.CH4/c1-12(2,3)17(15)14-8-9-5-6-11(16-4)10(13)7-9;1-11-8-3-2-6(5-10)4-7(8)9;/h5-8H,1-4H3;2-5H,1H3;1H4/t17-;;/m1../s1. The summed E-state index contributed by atoms with van der Waals surface area (Å²) >= 11 is 0. The largest absolute Gasteiger partial charge is 0.494 e. The normalized spacial score (nSPS) is 11.7. The predicted molar refractivity (Wildman–Crippen MR) is 114 cm³/mol. The van der Waals surface area contributed by atoms with Gasteiger partial charge in [0.2, 0.25) is 0 Å². The Hall–Kier alpha value is -2.61. The van der Waals surface area contributed by atoms with Crippen LogP contribution in [0.2, 0.25) is 0 Å². The third-order valence-corrected chi connectivity index (χ3v) is 4.65. The first-order valence-corrected chi connectivity index (χ1v) is 9.31. The Balaban J connectivity index is 0.000000568. The third-order valence-electron chi connectivity index (χ3n) is 3.31. The molecular formula is C21H27F2NO4S. The van der Waals surface area contributed by atoms with E-state index in [-0.39, 0.29) is 18.9 Å². The highest BCUT2D eigenvalue weighted by atomic mass is 32.2. The maximum Gasteiger partial charge on any atom is 0.165 e. The summed E-state index contributed by atoms with van der Waals surface area (Å²) in [5.41, 5.74) is 0.865. The summed E-state index contributed by atoms with van der Waals surface area (Å²) in [5.74, 6) is -0.648. The Bertz CT molecular complexity index is 864. The number of hydrogen-bond acceptors (Lipinski definition) is 4. The Morgan fingerprint density at radius 3 is 1.76 bits per heavy atom. The van der Waals surface area contributed by atoms with Crippen molar-refractivity contribution >= 4 is 23.5 Å². The van der Waals surface area contributed by atoms with E-state index in [1.807, 2.05) is 20.8 Å². The highest BCUT2D eigenvalue weighted by Crippen LogP contribution is 2.18. The van der Waals surface area contributed by atoms with Gasteiger partial charge in [-0.15, -0.1) is 0 Å². The molecule has 0 heterocycles. The molecule has 1 atom stereocenters. The summed E-state index contributed by atoms with van der Waals surface area (Å²) in [4.78, 5) is 10.2. The molecule has 0 unspecified atom stereocenters. The van der Waals surface area contributed by atoms with Crippen LogP contribution in [0.15, 0.2) is 40.8 Å². The van der Waals surface area contributed by atoms with E-state index in [0.29, 0.717) is 17.4 Å². The van der Waals surface area contributed by atoms with Gasteiger partial charge in [0, 0.05) is 11.8 Å². The maximum atomic E-state index is 13.3. The monoisotopic (exact) mass is 427 g/mol. The molecule has 0 fully saturated rings. The second-order valence-electron chi connectivity index (χ2n) is 6.50. The Morgan fingerprint density at radius 2 is 1.38 bits per heavy atom. The Kier molecular flexibility index (Phi) is 11.0. The number of hydrogen-bond donors (Lipinski definition) is 0. The summed E-state index contributed by atoms with van der Waals surface area (Å²) < 4.78 is 50.7. The minimum Gasteiger partial charge on any atom is -0.494 e. The van der Waals surface area contributed by atoms with Crippen molar-refractivity contribution in [3.8, 4) is 11.5 Å². The summed E-state index contributed by atoms with van der Waals surface area (Å²) in [6, 6.07) is 8.50. The number of carbonyl (C=O) groups excluding carboxylic acids is 1. The number of halogens is 2. The first-order chi connectivity index (χ1) is 13.1. The van der Waals surface area contributed by atoms with Crippen LogP contribution in [0.1, 0.15) is 44.1 Å². The molecule has 8 heteroatoms. The van der Waals surface area contributed by atoms with E-state index in [2.05, 4.69) is 9.13 Å². The van der Waals surface area contributed by atoms with Gasteiger partial charge in [0.05, 0.1) is 19.0 Å². The fourth-order valence-corrected chi connectivity index (χ4v) is 2.32. The fraction of sp³-hybridized carbons (Fsp3) is 0.333. The van der Waals surface area contributed by atoms with E-state index in [9.17, 15) is 17.8 Å². The van der Waals surface area contributed by atoms with Gasteiger partial charge in [0.15, 0.2) is 23.1 Å². The van der Waals surface area contributed by atoms with Crippen LogP contribution in [-0.2, 0) is 11.0 Å². The molecule has 5 nitrogen and oxygen atoms in total. The molecule has 2 rings (SSSR count). The van der Waals surface area contributed by atoms with Gasteiger partial charge in [-0.2, -0.15) is 4.40 Å². The minimum atomic E-state index is -1.34. The lowest BCUT2D eigenvalue weighted by molar-refractivity contribution is 0.112. The van der Waals surface area contributed by atoms with Crippen LogP contribution in [-0.4, -0.2) is 35.7 Å². The van der Waals surface area contributed by atoms with E-state index >= 15 is 0 Å². The molecule has 0 aliphatic carbocycles. The van der Waals surface area contributed by atoms with Crippen LogP contribution in [0.3, 0.4) is 0 Å². The van der Waals surface area contributed by atoms with Crippen molar-refractivity contribution in [2.24, 2.45) is 4.40 Å². The molecule has 0 bridgehead atoms. The molecule has 0 aromatic heterocycles. The number of aldehydes is 1. The van der Waals surface area contributed by atoms with E-state index in [0.717, 1.165) is 6.07 Å². The lowest BCUT2D eigenvalue weighted by atomic mass is 10.2. The number of nitrogens with zero attached hydrogens (tertiary/aromatic N) is 1. The summed E-state index contributed by atoms with van der Waals surface area (Å²) in [6.45, 7) is 5.49. The molecule has 0 N–H and O–H groups in total. The van der Waals surface area contributed by atoms with E-state index in [1.165, 1.54) is 44.7 Å². The zero-order valence-electron chi connectivity index (χ0n) is 16.4. The molecule has 2 aromatic carbocycles. The molecule has 0 spiro atoms. The smallest absolute Gasteiger partial charge is 0.165 e. The van der Waals surface area contributed by atoms with Crippen LogP contribution < -0.4 is 9.47 Å². The van der Waals surface area contributed by atoms with Gasteiger partial charge in [0.25, 0.3) is 0 Å². The molecule has 0 saturated carbocycles. The number of methoxy groups -OCH3 is 2. The maximum absolute atomic E-state index is 13.3. The van der Waals surface area contributed by atoms with Crippen molar-refractivity contribution in [2.75, 3.05) is 14.2 Å². The molecule has 0 aliphatic rings. The number of benzene rings is 2. The van der Waals surface area contributed by atoms with Crippen LogP contribution >= 0.6 is 0 Å². The molecule has 0 amide bonds. The molecule has 160 valence electrons. The third kappa shape index (κ3) is 8.51. The predicted octanol–water partition coefficient (Wildman–Crippen LogP) is 5.00. The highest BCUT2D eigenvalue weighted by molar-refractivity contribution is 7.85. The van der Waals surface area contributed by atoms with Gasteiger partial charge in [-0.05, 0) is 62.7 Å². The van der Waals surface area contributed by atoms with Crippen molar-refractivity contribution in [1.29, 1.82) is 0 Å². The first-order valence-electron chi connectivity index (χ1n) is 8.20. The zero-order valence-corrected chi connectivity index (χ0v) is 17.2. The first kappa shape index (κ1) is 26.4. The average molecular weight is 428 g/mol. The molecular weight excluding hydrogens is 400 g/mol. The molecule has 29 heavy (non-hydrogen) atoms. The van der Waals surface area contributed by atoms with Crippen molar-refractivity contribution in [2.45, 2.75) is 32.9 Å². The van der Waals surface area contributed by atoms with Crippen molar-refractivity contribution < 1.29 is 27.3 Å². The quantitative estimate of drug-likeness (QED) is 0.498. The van der Waals surface area contributed by atoms with Gasteiger partial charge in [-0.25, -0.2) is 13.0 Å². The lowest BCUT2D eigenvalue weighted by Crippen LogP contribution is -2.19. The fourth-order valence-electron chi connectivity index (χ4n) is 1.79. The van der Waals surface area contributed by atoms with Crippen LogP contribution in [0.25, 0.3) is 0 Å². The van der Waals surface area contributed by atoms with Crippen molar-refractivity contribution in [3.63, 3.8) is 0 Å². The number of carbonyl (C=O) groups is 1. The summed E-state index contributed by atoms with van der Waals surface area (Å²) in [5, 5.41) is 0. The highest BCUT2D eigenvalue weighted by Gasteiger charge is 2.18. The molecule has 0 radical (unpaired) electrons. The van der Waals surface area contributed by atoms with Gasteiger partial charge in [0.1, 0.15) is 17.3 Å². The lowest BCUT2D eigenvalue weighted by Gasteiger charge is -2.12. The Morgan fingerprint density at radius 1 is 0.931 bits per heavy atom. The second kappa shape index (κ2) is 12.1. The van der Waals surface area contributed by atoms with Gasteiger partial charge in [-0.1, -0.05) is 7.43 Å². The van der Waals surface area contributed by atoms with Crippen LogP contribution in [0.4, 0.5) is 8.78 Å². The van der Waals surface area contributed by atoms with Crippen molar-refractivity contribution in [1.82, 2.24) is 0 Å². The van der Waals surface area contributed by atoms with E-state index in [4.69, 9.17) is 4.74 Å². The van der Waals surface area contributed by atoms with E-state index < -0.39 is 27.4 Å². The second-order valence-corrected chi connectivity index (χ2v) is 8.44. The average Bonchev–Trinajstić information content (AvgIpc) is 2.65. The van der Waals surface area contributed by atoms with E-state index in [1.54, 1.807) is 6.07 Å². The summed E-state index contributed by atoms with van der Waals surface area (Å²) in [7, 11) is 1.44. The summed E-state index contributed by atoms with van der Waals surface area (Å²) in [6.07, 6.45) is 1.99. The topological polar surface area (TPSA) is 65.0 Å². The minimum absolute atomic E-state index is 0. The molecule has 0 aliphatic heterocycles. The molecule has 0 saturated heterocycles. The van der Waals surface area contributed by atoms with Crippen molar-refractivity contribution in [3.05, 3.63) is 59.2 Å². The van der Waals surface area contributed by atoms with Gasteiger partial charge >= 0.3 is 0 Å². The van der Waals surface area contributed by atoms with Crippen LogP contribution in [0, 0.1) is 11.6 Å².